The summed E-state index contributed by atoms with van der Waals surface area (Å²) >= 11 is 0. The second-order valence-electron chi connectivity index (χ2n) is 8.95. The largest absolute Gasteiger partial charge is 0.494 e. The molecule has 0 saturated carbocycles. The zero-order chi connectivity index (χ0) is 23.6. The van der Waals surface area contributed by atoms with Gasteiger partial charge in [-0.3, -0.25) is 9.69 Å². The van der Waals surface area contributed by atoms with E-state index in [-0.39, 0.29) is 16.7 Å². The van der Waals surface area contributed by atoms with Gasteiger partial charge < -0.3 is 9.64 Å². The third kappa shape index (κ3) is 5.08. The first kappa shape index (κ1) is 23.7. The van der Waals surface area contributed by atoms with Gasteiger partial charge in [0.25, 0.3) is 0 Å². The molecule has 33 heavy (non-hydrogen) atoms. The molecule has 8 heteroatoms. The van der Waals surface area contributed by atoms with E-state index in [1.807, 2.05) is 24.0 Å². The normalized spacial score (nSPS) is 17.4. The molecule has 0 N–H and O–H groups in total. The van der Waals surface area contributed by atoms with E-state index in [4.69, 9.17) is 4.74 Å². The molecule has 4 rings (SSSR count). The minimum Gasteiger partial charge on any atom is -0.494 e. The lowest BCUT2D eigenvalue weighted by Gasteiger charge is -2.33. The number of likely N-dealkylation sites (tertiary alicyclic amines) is 1. The molecule has 2 aromatic rings. The van der Waals surface area contributed by atoms with Crippen LogP contribution in [0.2, 0.25) is 0 Å². The van der Waals surface area contributed by atoms with Crippen LogP contribution in [0.4, 0.5) is 5.69 Å². The Morgan fingerprint density at radius 1 is 1.09 bits per heavy atom. The minimum atomic E-state index is -3.48. The molecule has 2 aliphatic heterocycles. The fraction of sp³-hybridized carbons (Fsp3) is 0.480. The number of nitrogens with zero attached hydrogens (tertiary/aromatic N) is 3. The van der Waals surface area contributed by atoms with Crippen molar-refractivity contribution in [2.24, 2.45) is 5.92 Å². The highest BCUT2D eigenvalue weighted by atomic mass is 32.2. The van der Waals surface area contributed by atoms with E-state index in [0.29, 0.717) is 19.6 Å². The van der Waals surface area contributed by atoms with Crippen molar-refractivity contribution in [1.82, 2.24) is 9.21 Å². The van der Waals surface area contributed by atoms with Crippen LogP contribution >= 0.6 is 0 Å². The van der Waals surface area contributed by atoms with Crippen LogP contribution in [0.25, 0.3) is 0 Å². The smallest absolute Gasteiger partial charge is 0.242 e. The average molecular weight is 472 g/mol. The van der Waals surface area contributed by atoms with Crippen LogP contribution in [0.15, 0.2) is 47.4 Å². The lowest BCUT2D eigenvalue weighted by molar-refractivity contribution is -0.123. The number of carbonyl (C=O) groups is 1. The standard InChI is InChI=1S/C25H33N3O4S/c1-4-32-22-7-5-6-19(16-22)18-27-13-10-20(11-14-27)25(29)28-15-12-21-17-23(8-9-24(21)28)33(30,31)26(2)3/h5-9,16-17,20H,4,10-15,18H2,1-3H3. The van der Waals surface area contributed by atoms with Crippen molar-refractivity contribution in [1.29, 1.82) is 0 Å². The van der Waals surface area contributed by atoms with Gasteiger partial charge in [0.1, 0.15) is 5.75 Å². The summed E-state index contributed by atoms with van der Waals surface area (Å²) in [6.45, 7) is 5.88. The molecule has 1 saturated heterocycles. The molecule has 0 radical (unpaired) electrons. The number of anilines is 1. The Labute approximate surface area is 197 Å². The van der Waals surface area contributed by atoms with E-state index in [9.17, 15) is 13.2 Å². The van der Waals surface area contributed by atoms with Gasteiger partial charge in [0.05, 0.1) is 11.5 Å². The van der Waals surface area contributed by atoms with Gasteiger partial charge in [0.15, 0.2) is 0 Å². The number of fused-ring (bicyclic) bond motifs is 1. The average Bonchev–Trinajstić information content (AvgIpc) is 3.23. The summed E-state index contributed by atoms with van der Waals surface area (Å²) in [5.41, 5.74) is 3.01. The van der Waals surface area contributed by atoms with Gasteiger partial charge in [-0.15, -0.1) is 0 Å². The summed E-state index contributed by atoms with van der Waals surface area (Å²) in [5, 5.41) is 0. The van der Waals surface area contributed by atoms with Gasteiger partial charge >= 0.3 is 0 Å². The topological polar surface area (TPSA) is 70.2 Å². The number of rotatable bonds is 7. The molecular formula is C25H33N3O4S. The molecule has 1 fully saturated rings. The van der Waals surface area contributed by atoms with E-state index < -0.39 is 10.0 Å². The molecule has 0 spiro atoms. The summed E-state index contributed by atoms with van der Waals surface area (Å²) in [6, 6.07) is 13.3. The zero-order valence-corrected chi connectivity index (χ0v) is 20.5. The highest BCUT2D eigenvalue weighted by Gasteiger charge is 2.33. The van der Waals surface area contributed by atoms with Crippen LogP contribution in [0.3, 0.4) is 0 Å². The quantitative estimate of drug-likeness (QED) is 0.621. The summed E-state index contributed by atoms with van der Waals surface area (Å²) in [4.78, 5) is 17.8. The number of ether oxygens (including phenoxy) is 1. The van der Waals surface area contributed by atoms with Crippen LogP contribution in [0, 0.1) is 5.92 Å². The van der Waals surface area contributed by atoms with Crippen LogP contribution in [0.1, 0.15) is 30.9 Å². The Morgan fingerprint density at radius 3 is 2.55 bits per heavy atom. The summed E-state index contributed by atoms with van der Waals surface area (Å²) in [5.74, 6) is 1.07. The Bertz CT molecular complexity index is 1110. The van der Waals surface area contributed by atoms with Crippen LogP contribution < -0.4 is 9.64 Å². The van der Waals surface area contributed by atoms with Gasteiger partial charge in [-0.2, -0.15) is 0 Å². The van der Waals surface area contributed by atoms with E-state index in [0.717, 1.165) is 49.5 Å². The van der Waals surface area contributed by atoms with Gasteiger partial charge in [0, 0.05) is 38.8 Å². The van der Waals surface area contributed by atoms with Gasteiger partial charge in [-0.1, -0.05) is 12.1 Å². The van der Waals surface area contributed by atoms with Crippen molar-refractivity contribution >= 4 is 21.6 Å². The highest BCUT2D eigenvalue weighted by Crippen LogP contribution is 2.33. The third-order valence-corrected chi connectivity index (χ3v) is 8.35. The summed E-state index contributed by atoms with van der Waals surface area (Å²) < 4.78 is 31.7. The van der Waals surface area contributed by atoms with E-state index >= 15 is 0 Å². The number of amides is 1. The first-order chi connectivity index (χ1) is 15.8. The predicted octanol–water partition coefficient (Wildman–Crippen LogP) is 3.14. The number of hydrogen-bond acceptors (Lipinski definition) is 5. The molecule has 0 bridgehead atoms. The molecular weight excluding hydrogens is 438 g/mol. The molecule has 0 aliphatic carbocycles. The zero-order valence-electron chi connectivity index (χ0n) is 19.7. The van der Waals surface area contributed by atoms with Crippen LogP contribution in [0.5, 0.6) is 5.75 Å². The minimum absolute atomic E-state index is 0.00661. The van der Waals surface area contributed by atoms with Gasteiger partial charge in [0.2, 0.25) is 15.9 Å². The predicted molar refractivity (Wildman–Crippen MR) is 129 cm³/mol. The number of carbonyl (C=O) groups excluding carboxylic acids is 1. The summed E-state index contributed by atoms with van der Waals surface area (Å²) in [7, 11) is -0.422. The molecule has 2 aliphatic rings. The Morgan fingerprint density at radius 2 is 1.85 bits per heavy atom. The first-order valence-corrected chi connectivity index (χ1v) is 13.0. The second kappa shape index (κ2) is 9.83. The van der Waals surface area contributed by atoms with E-state index in [2.05, 4.69) is 17.0 Å². The lowest BCUT2D eigenvalue weighted by atomic mass is 9.95. The van der Waals surface area contributed by atoms with Crippen molar-refractivity contribution in [3.05, 3.63) is 53.6 Å². The molecule has 178 valence electrons. The third-order valence-electron chi connectivity index (χ3n) is 6.54. The van der Waals surface area contributed by atoms with Crippen LogP contribution in [-0.2, 0) is 27.8 Å². The maximum Gasteiger partial charge on any atom is 0.242 e. The molecule has 0 unspecified atom stereocenters. The Hall–Kier alpha value is -2.42. The number of sulfonamides is 1. The SMILES string of the molecule is CCOc1cccc(CN2CCC(C(=O)N3CCc4cc(S(=O)(=O)N(C)C)ccc43)CC2)c1. The lowest BCUT2D eigenvalue weighted by Crippen LogP contribution is -2.41. The monoisotopic (exact) mass is 471 g/mol. The van der Waals surface area contributed by atoms with Crippen LogP contribution in [-0.4, -0.2) is 63.9 Å². The van der Waals surface area contributed by atoms with Crippen molar-refractivity contribution < 1.29 is 17.9 Å². The van der Waals surface area contributed by atoms with Gasteiger partial charge in [-0.25, -0.2) is 12.7 Å². The Balaban J connectivity index is 1.37. The Kier molecular flexibility index (Phi) is 7.07. The maximum absolute atomic E-state index is 13.3. The molecule has 0 atom stereocenters. The van der Waals surface area contributed by atoms with Crippen molar-refractivity contribution in [2.45, 2.75) is 37.6 Å². The van der Waals surface area contributed by atoms with E-state index in [1.54, 1.807) is 18.2 Å². The fourth-order valence-corrected chi connectivity index (χ4v) is 5.65. The number of hydrogen-bond donors (Lipinski definition) is 0. The van der Waals surface area contributed by atoms with Crippen molar-refractivity contribution in [2.75, 3.05) is 45.2 Å². The first-order valence-electron chi connectivity index (χ1n) is 11.6. The molecule has 2 heterocycles. The molecule has 0 aromatic heterocycles. The van der Waals surface area contributed by atoms with Gasteiger partial charge in [-0.05, 0) is 80.7 Å². The molecule has 2 aromatic carbocycles. The van der Waals surface area contributed by atoms with Crippen molar-refractivity contribution in [3.63, 3.8) is 0 Å². The van der Waals surface area contributed by atoms with Crippen molar-refractivity contribution in [3.8, 4) is 5.75 Å². The maximum atomic E-state index is 13.3. The molecule has 1 amide bonds. The molecule has 7 nitrogen and oxygen atoms in total. The fourth-order valence-electron chi connectivity index (χ4n) is 4.70. The van der Waals surface area contributed by atoms with E-state index in [1.165, 1.54) is 24.0 Å². The highest BCUT2D eigenvalue weighted by molar-refractivity contribution is 7.89. The summed E-state index contributed by atoms with van der Waals surface area (Å²) in [6.07, 6.45) is 2.36. The second-order valence-corrected chi connectivity index (χ2v) is 11.1. The number of piperidine rings is 1. The number of benzene rings is 2.